The van der Waals surface area contributed by atoms with Crippen molar-refractivity contribution in [2.75, 3.05) is 20.3 Å². The minimum absolute atomic E-state index is 0.190. The molecule has 0 aliphatic carbocycles. The molecule has 0 radical (unpaired) electrons. The third-order valence-corrected chi connectivity index (χ3v) is 4.44. The third-order valence-electron chi connectivity index (χ3n) is 4.44. The van der Waals surface area contributed by atoms with Gasteiger partial charge >= 0.3 is 0 Å². The van der Waals surface area contributed by atoms with Gasteiger partial charge in [-0.25, -0.2) is 4.68 Å². The van der Waals surface area contributed by atoms with Crippen molar-refractivity contribution < 1.29 is 13.9 Å². The van der Waals surface area contributed by atoms with Gasteiger partial charge in [0.1, 0.15) is 11.3 Å². The van der Waals surface area contributed by atoms with Crippen LogP contribution in [0.1, 0.15) is 5.56 Å². The highest BCUT2D eigenvalue weighted by Gasteiger charge is 2.15. The number of nitrogens with one attached hydrogen (secondary N) is 1. The topological polar surface area (TPSA) is 69.3 Å². The molecule has 6 nitrogen and oxygen atoms in total. The molecule has 2 aromatic carbocycles. The van der Waals surface area contributed by atoms with E-state index < -0.39 is 0 Å². The number of methoxy groups -OCH3 is 1. The molecule has 4 aromatic rings. The highest BCUT2D eigenvalue weighted by molar-refractivity contribution is 5.93. The number of benzene rings is 2. The minimum atomic E-state index is -0.190. The average molecular weight is 387 g/mol. The van der Waals surface area contributed by atoms with Gasteiger partial charge in [-0.15, -0.1) is 0 Å². The molecule has 0 saturated carbocycles. The summed E-state index contributed by atoms with van der Waals surface area (Å²) in [5.74, 6) is 0.463. The first kappa shape index (κ1) is 18.7. The van der Waals surface area contributed by atoms with Crippen molar-refractivity contribution in [1.82, 2.24) is 15.1 Å². The van der Waals surface area contributed by atoms with Gasteiger partial charge in [-0.05, 0) is 30.3 Å². The van der Waals surface area contributed by atoms with E-state index >= 15 is 0 Å². The summed E-state index contributed by atoms with van der Waals surface area (Å²) in [5.41, 5.74) is 3.18. The molecule has 2 heterocycles. The van der Waals surface area contributed by atoms with E-state index in [1.165, 1.54) is 6.08 Å². The number of fused-ring (bicyclic) bond motifs is 1. The molecular formula is C23H21N3O3. The second-order valence-electron chi connectivity index (χ2n) is 6.48. The molecule has 1 N–H and O–H groups in total. The summed E-state index contributed by atoms with van der Waals surface area (Å²) in [7, 11) is 1.60. The number of para-hydroxylation sites is 2. The molecule has 0 aliphatic heterocycles. The molecule has 0 aliphatic rings. The first-order chi connectivity index (χ1) is 14.2. The lowest BCUT2D eigenvalue weighted by Crippen LogP contribution is -2.24. The molecule has 0 unspecified atom stereocenters. The molecule has 6 heteroatoms. The fourth-order valence-corrected chi connectivity index (χ4v) is 3.01. The SMILES string of the molecule is COCCNC(=O)C=Cc1cn(-c2ccccc2)nc1-c1cc2ccccc2o1. The van der Waals surface area contributed by atoms with E-state index in [4.69, 9.17) is 14.3 Å². The molecule has 0 fully saturated rings. The van der Waals surface area contributed by atoms with E-state index in [1.807, 2.05) is 66.9 Å². The Kier molecular flexibility index (Phi) is 5.54. The lowest BCUT2D eigenvalue weighted by molar-refractivity contribution is -0.116. The summed E-state index contributed by atoms with van der Waals surface area (Å²) in [6.45, 7) is 0.926. The van der Waals surface area contributed by atoms with Crippen LogP contribution in [0.3, 0.4) is 0 Å². The van der Waals surface area contributed by atoms with Crippen LogP contribution in [0.5, 0.6) is 0 Å². The number of amides is 1. The number of nitrogens with zero attached hydrogens (tertiary/aromatic N) is 2. The molecular weight excluding hydrogens is 366 g/mol. The maximum Gasteiger partial charge on any atom is 0.244 e. The molecule has 1 amide bonds. The predicted molar refractivity (Wildman–Crippen MR) is 113 cm³/mol. The van der Waals surface area contributed by atoms with Crippen molar-refractivity contribution in [1.29, 1.82) is 0 Å². The van der Waals surface area contributed by atoms with Crippen LogP contribution in [0.4, 0.5) is 0 Å². The number of furan rings is 1. The Hall–Kier alpha value is -3.64. The van der Waals surface area contributed by atoms with E-state index in [9.17, 15) is 4.79 Å². The molecule has 2 aromatic heterocycles. The van der Waals surface area contributed by atoms with Gasteiger partial charge in [-0.2, -0.15) is 5.10 Å². The molecule has 0 spiro atoms. The molecule has 0 saturated heterocycles. The normalized spacial score (nSPS) is 11.3. The van der Waals surface area contributed by atoms with Crippen molar-refractivity contribution in [2.45, 2.75) is 0 Å². The van der Waals surface area contributed by atoms with Crippen LogP contribution >= 0.6 is 0 Å². The van der Waals surface area contributed by atoms with Gasteiger partial charge in [0.2, 0.25) is 5.91 Å². The van der Waals surface area contributed by atoms with Gasteiger partial charge in [0, 0.05) is 36.9 Å². The number of rotatable bonds is 7. The summed E-state index contributed by atoms with van der Waals surface area (Å²) in [6, 6.07) is 19.6. The fourth-order valence-electron chi connectivity index (χ4n) is 3.01. The second kappa shape index (κ2) is 8.58. The summed E-state index contributed by atoms with van der Waals surface area (Å²) >= 11 is 0. The van der Waals surface area contributed by atoms with Crippen LogP contribution in [0, 0.1) is 0 Å². The Morgan fingerprint density at radius 3 is 2.76 bits per heavy atom. The summed E-state index contributed by atoms with van der Waals surface area (Å²) in [4.78, 5) is 12.1. The molecule has 4 rings (SSSR count). The van der Waals surface area contributed by atoms with Crippen molar-refractivity contribution in [3.63, 3.8) is 0 Å². The first-order valence-electron chi connectivity index (χ1n) is 9.33. The van der Waals surface area contributed by atoms with Crippen molar-refractivity contribution in [2.24, 2.45) is 0 Å². The highest BCUT2D eigenvalue weighted by atomic mass is 16.5. The number of carbonyl (C=O) groups excluding carboxylic acids is 1. The maximum atomic E-state index is 12.1. The Morgan fingerprint density at radius 1 is 1.17 bits per heavy atom. The third kappa shape index (κ3) is 4.28. The van der Waals surface area contributed by atoms with Gasteiger partial charge < -0.3 is 14.5 Å². The van der Waals surface area contributed by atoms with Crippen molar-refractivity contribution in [3.05, 3.63) is 78.5 Å². The van der Waals surface area contributed by atoms with E-state index in [1.54, 1.807) is 17.9 Å². The van der Waals surface area contributed by atoms with Crippen LogP contribution in [0.25, 0.3) is 34.2 Å². The van der Waals surface area contributed by atoms with Crippen molar-refractivity contribution >= 4 is 23.0 Å². The van der Waals surface area contributed by atoms with Gasteiger partial charge in [-0.3, -0.25) is 4.79 Å². The lowest BCUT2D eigenvalue weighted by atomic mass is 10.2. The van der Waals surface area contributed by atoms with E-state index in [0.29, 0.717) is 24.6 Å². The Labute approximate surface area is 168 Å². The zero-order valence-electron chi connectivity index (χ0n) is 16.0. The molecule has 146 valence electrons. The number of carbonyl (C=O) groups is 1. The quantitative estimate of drug-likeness (QED) is 0.383. The summed E-state index contributed by atoms with van der Waals surface area (Å²) in [6.07, 6.45) is 5.13. The van der Waals surface area contributed by atoms with Gasteiger partial charge in [-0.1, -0.05) is 36.4 Å². The van der Waals surface area contributed by atoms with Gasteiger partial charge in [0.15, 0.2) is 5.76 Å². The fraction of sp³-hybridized carbons (Fsp3) is 0.130. The molecule has 29 heavy (non-hydrogen) atoms. The second-order valence-corrected chi connectivity index (χ2v) is 6.48. The molecule has 0 atom stereocenters. The predicted octanol–water partition coefficient (Wildman–Crippen LogP) is 4.06. The zero-order chi connectivity index (χ0) is 20.1. The van der Waals surface area contributed by atoms with Crippen molar-refractivity contribution in [3.8, 4) is 17.1 Å². The Morgan fingerprint density at radius 2 is 1.97 bits per heavy atom. The average Bonchev–Trinajstić information content (AvgIpc) is 3.37. The Balaban J connectivity index is 1.70. The van der Waals surface area contributed by atoms with E-state index in [0.717, 1.165) is 22.2 Å². The smallest absolute Gasteiger partial charge is 0.244 e. The van der Waals surface area contributed by atoms with E-state index in [2.05, 4.69) is 5.32 Å². The van der Waals surface area contributed by atoms with Crippen LogP contribution < -0.4 is 5.32 Å². The Bertz CT molecular complexity index is 1110. The van der Waals surface area contributed by atoms with Gasteiger partial charge in [0.25, 0.3) is 0 Å². The summed E-state index contributed by atoms with van der Waals surface area (Å²) in [5, 5.41) is 8.49. The number of ether oxygens (including phenoxy) is 1. The summed E-state index contributed by atoms with van der Waals surface area (Å²) < 4.78 is 12.7. The van der Waals surface area contributed by atoms with Crippen LogP contribution in [0.2, 0.25) is 0 Å². The standard InChI is InChI=1S/C23H21N3O3/c1-28-14-13-24-22(27)12-11-18-16-26(19-8-3-2-4-9-19)25-23(18)21-15-17-7-5-6-10-20(17)29-21/h2-12,15-16H,13-14H2,1H3,(H,24,27). The highest BCUT2D eigenvalue weighted by Crippen LogP contribution is 2.30. The zero-order valence-corrected chi connectivity index (χ0v) is 16.0. The number of hydrogen-bond donors (Lipinski definition) is 1. The first-order valence-corrected chi connectivity index (χ1v) is 9.33. The lowest BCUT2D eigenvalue weighted by Gasteiger charge is -1.99. The van der Waals surface area contributed by atoms with Crippen LogP contribution in [-0.2, 0) is 9.53 Å². The largest absolute Gasteiger partial charge is 0.454 e. The van der Waals surface area contributed by atoms with E-state index in [-0.39, 0.29) is 5.91 Å². The number of hydrogen-bond acceptors (Lipinski definition) is 4. The monoisotopic (exact) mass is 387 g/mol. The maximum absolute atomic E-state index is 12.1. The van der Waals surface area contributed by atoms with Gasteiger partial charge in [0.05, 0.1) is 12.3 Å². The van der Waals surface area contributed by atoms with Crippen LogP contribution in [0.15, 0.2) is 77.4 Å². The minimum Gasteiger partial charge on any atom is -0.454 e. The number of aromatic nitrogens is 2. The van der Waals surface area contributed by atoms with Crippen LogP contribution in [-0.4, -0.2) is 35.9 Å². The molecule has 0 bridgehead atoms.